The normalized spacial score (nSPS) is 10.1. The summed E-state index contributed by atoms with van der Waals surface area (Å²) in [5, 5.41) is 20.4. The minimum atomic E-state index is -0.714. The Labute approximate surface area is 109 Å². The van der Waals surface area contributed by atoms with Crippen molar-refractivity contribution in [2.45, 2.75) is 0 Å². The zero-order valence-corrected chi connectivity index (χ0v) is 10.9. The SMILES string of the molecule is CSCCN(C)C(=O)c1cccc([N+](=O)[O-])c1O. The molecule has 7 heteroatoms. The van der Waals surface area contributed by atoms with Crippen molar-refractivity contribution in [2.75, 3.05) is 25.6 Å². The summed E-state index contributed by atoms with van der Waals surface area (Å²) in [7, 11) is 1.59. The molecular formula is C11H14N2O4S. The van der Waals surface area contributed by atoms with Crippen LogP contribution in [0.25, 0.3) is 0 Å². The van der Waals surface area contributed by atoms with Crippen LogP contribution in [0.15, 0.2) is 18.2 Å². The number of amides is 1. The van der Waals surface area contributed by atoms with Crippen LogP contribution in [0.3, 0.4) is 0 Å². The first-order chi connectivity index (χ1) is 8.49. The molecule has 0 aliphatic carbocycles. The molecule has 1 amide bonds. The van der Waals surface area contributed by atoms with Gasteiger partial charge in [-0.15, -0.1) is 0 Å². The van der Waals surface area contributed by atoms with Crippen LogP contribution in [0, 0.1) is 10.1 Å². The van der Waals surface area contributed by atoms with Gasteiger partial charge in [-0.1, -0.05) is 6.07 Å². The van der Waals surface area contributed by atoms with Crippen LogP contribution < -0.4 is 0 Å². The number of nitro benzene ring substituents is 1. The molecule has 0 atom stereocenters. The lowest BCUT2D eigenvalue weighted by Crippen LogP contribution is -2.29. The van der Waals surface area contributed by atoms with Gasteiger partial charge in [0.1, 0.15) is 0 Å². The summed E-state index contributed by atoms with van der Waals surface area (Å²) in [6.07, 6.45) is 1.92. The molecule has 0 aliphatic rings. The average Bonchev–Trinajstić information content (AvgIpc) is 2.35. The predicted octanol–water partition coefficient (Wildman–Crippen LogP) is 1.74. The van der Waals surface area contributed by atoms with Gasteiger partial charge in [-0.2, -0.15) is 11.8 Å². The molecule has 0 spiro atoms. The molecule has 0 saturated heterocycles. The van der Waals surface area contributed by atoms with Gasteiger partial charge in [0, 0.05) is 25.4 Å². The summed E-state index contributed by atoms with van der Waals surface area (Å²) < 4.78 is 0. The highest BCUT2D eigenvalue weighted by Gasteiger charge is 2.22. The second-order valence-corrected chi connectivity index (χ2v) is 4.64. The Morgan fingerprint density at radius 1 is 1.56 bits per heavy atom. The Balaban J connectivity index is 2.99. The molecule has 0 aliphatic heterocycles. The van der Waals surface area contributed by atoms with Crippen molar-refractivity contribution < 1.29 is 14.8 Å². The van der Waals surface area contributed by atoms with Crippen molar-refractivity contribution >= 4 is 23.4 Å². The molecule has 1 N–H and O–H groups in total. The second-order valence-electron chi connectivity index (χ2n) is 3.65. The van der Waals surface area contributed by atoms with Crippen LogP contribution in [0.5, 0.6) is 5.75 Å². The van der Waals surface area contributed by atoms with Gasteiger partial charge in [-0.05, 0) is 12.3 Å². The number of benzene rings is 1. The predicted molar refractivity (Wildman–Crippen MR) is 70.1 cm³/mol. The highest BCUT2D eigenvalue weighted by atomic mass is 32.2. The second kappa shape index (κ2) is 6.25. The van der Waals surface area contributed by atoms with Crippen molar-refractivity contribution in [2.24, 2.45) is 0 Å². The molecule has 0 heterocycles. The first-order valence-corrected chi connectivity index (χ1v) is 6.59. The summed E-state index contributed by atoms with van der Waals surface area (Å²) in [5.41, 5.74) is -0.507. The molecule has 0 fully saturated rings. The minimum absolute atomic E-state index is 0.0483. The van der Waals surface area contributed by atoms with Crippen molar-refractivity contribution in [1.29, 1.82) is 0 Å². The third-order valence-corrected chi connectivity index (χ3v) is 3.01. The first kappa shape index (κ1) is 14.3. The van der Waals surface area contributed by atoms with E-state index in [1.165, 1.54) is 17.0 Å². The Morgan fingerprint density at radius 3 is 2.78 bits per heavy atom. The van der Waals surface area contributed by atoms with E-state index in [1.54, 1.807) is 18.8 Å². The average molecular weight is 270 g/mol. The maximum Gasteiger partial charge on any atom is 0.311 e. The third-order valence-electron chi connectivity index (χ3n) is 2.42. The number of carbonyl (C=O) groups is 1. The van der Waals surface area contributed by atoms with Gasteiger partial charge in [0.2, 0.25) is 5.75 Å². The van der Waals surface area contributed by atoms with E-state index < -0.39 is 22.3 Å². The maximum atomic E-state index is 12.0. The Bertz CT molecular complexity index is 464. The van der Waals surface area contributed by atoms with Crippen molar-refractivity contribution in [3.8, 4) is 5.75 Å². The van der Waals surface area contributed by atoms with Gasteiger partial charge in [-0.3, -0.25) is 14.9 Å². The quantitative estimate of drug-likeness (QED) is 0.650. The molecule has 18 heavy (non-hydrogen) atoms. The number of phenolic OH excluding ortho intramolecular Hbond substituents is 1. The van der Waals surface area contributed by atoms with Crippen LogP contribution >= 0.6 is 11.8 Å². The standard InChI is InChI=1S/C11H14N2O4S/c1-12(6-7-18-2)11(15)8-4-3-5-9(10(8)14)13(16)17/h3-5,14H,6-7H2,1-2H3. The van der Waals surface area contributed by atoms with Crippen molar-refractivity contribution in [3.05, 3.63) is 33.9 Å². The van der Waals surface area contributed by atoms with Crippen LogP contribution in [-0.2, 0) is 0 Å². The fraction of sp³-hybridized carbons (Fsp3) is 0.364. The summed E-state index contributed by atoms with van der Waals surface area (Å²) in [6, 6.07) is 3.92. The van der Waals surface area contributed by atoms with Gasteiger partial charge < -0.3 is 10.0 Å². The van der Waals surface area contributed by atoms with Gasteiger partial charge in [0.05, 0.1) is 10.5 Å². The van der Waals surface area contributed by atoms with E-state index in [0.29, 0.717) is 6.54 Å². The number of aromatic hydroxyl groups is 1. The van der Waals surface area contributed by atoms with E-state index in [0.717, 1.165) is 11.8 Å². The van der Waals surface area contributed by atoms with E-state index in [-0.39, 0.29) is 5.56 Å². The summed E-state index contributed by atoms with van der Waals surface area (Å²) in [5.74, 6) is -0.244. The van der Waals surface area contributed by atoms with Gasteiger partial charge >= 0.3 is 5.69 Å². The Kier molecular flexibility index (Phi) is 4.96. The zero-order chi connectivity index (χ0) is 13.7. The van der Waals surface area contributed by atoms with E-state index in [9.17, 15) is 20.0 Å². The molecule has 0 radical (unpaired) electrons. The number of hydrogen-bond donors (Lipinski definition) is 1. The highest BCUT2D eigenvalue weighted by molar-refractivity contribution is 7.98. The maximum absolute atomic E-state index is 12.0. The molecule has 98 valence electrons. The molecule has 0 bridgehead atoms. The third kappa shape index (κ3) is 3.13. The number of thioether (sulfide) groups is 1. The molecule has 1 rings (SSSR count). The zero-order valence-electron chi connectivity index (χ0n) is 10.1. The number of phenols is 1. The van der Waals surface area contributed by atoms with Crippen LogP contribution in [0.2, 0.25) is 0 Å². The summed E-state index contributed by atoms with van der Waals surface area (Å²) >= 11 is 1.59. The molecule has 1 aromatic rings. The van der Waals surface area contributed by atoms with Crippen molar-refractivity contribution in [3.63, 3.8) is 0 Å². The van der Waals surface area contributed by atoms with Gasteiger partial charge in [0.15, 0.2) is 0 Å². The number of carbonyl (C=O) groups excluding carboxylic acids is 1. The number of para-hydroxylation sites is 1. The van der Waals surface area contributed by atoms with Crippen LogP contribution in [-0.4, -0.2) is 46.4 Å². The molecule has 6 nitrogen and oxygen atoms in total. The lowest BCUT2D eigenvalue weighted by molar-refractivity contribution is -0.385. The van der Waals surface area contributed by atoms with Crippen LogP contribution in [0.1, 0.15) is 10.4 Å². The number of nitrogens with zero attached hydrogens (tertiary/aromatic N) is 2. The number of nitro groups is 1. The van der Waals surface area contributed by atoms with Gasteiger partial charge in [-0.25, -0.2) is 0 Å². The smallest absolute Gasteiger partial charge is 0.311 e. The number of hydrogen-bond acceptors (Lipinski definition) is 5. The lowest BCUT2D eigenvalue weighted by atomic mass is 10.1. The fourth-order valence-corrected chi connectivity index (χ4v) is 1.84. The Hall–Kier alpha value is -1.76. The van der Waals surface area contributed by atoms with E-state index in [4.69, 9.17) is 0 Å². The van der Waals surface area contributed by atoms with E-state index >= 15 is 0 Å². The highest BCUT2D eigenvalue weighted by Crippen LogP contribution is 2.29. The van der Waals surface area contributed by atoms with E-state index in [2.05, 4.69) is 0 Å². The molecule has 0 aromatic heterocycles. The number of rotatable bonds is 5. The monoisotopic (exact) mass is 270 g/mol. The lowest BCUT2D eigenvalue weighted by Gasteiger charge is -2.16. The topological polar surface area (TPSA) is 83.7 Å². The van der Waals surface area contributed by atoms with Crippen molar-refractivity contribution in [1.82, 2.24) is 4.90 Å². The summed E-state index contributed by atoms with van der Waals surface area (Å²) in [6.45, 7) is 0.516. The molecular weight excluding hydrogens is 256 g/mol. The molecule has 0 saturated carbocycles. The minimum Gasteiger partial charge on any atom is -0.502 e. The largest absolute Gasteiger partial charge is 0.502 e. The van der Waals surface area contributed by atoms with Crippen LogP contribution in [0.4, 0.5) is 5.69 Å². The molecule has 1 aromatic carbocycles. The van der Waals surface area contributed by atoms with Gasteiger partial charge in [0.25, 0.3) is 5.91 Å². The summed E-state index contributed by atoms with van der Waals surface area (Å²) in [4.78, 5) is 23.3. The first-order valence-electron chi connectivity index (χ1n) is 5.19. The Morgan fingerprint density at radius 2 is 2.22 bits per heavy atom. The molecule has 0 unspecified atom stereocenters. The van der Waals surface area contributed by atoms with E-state index in [1.807, 2.05) is 6.26 Å². The fourth-order valence-electron chi connectivity index (χ4n) is 1.39.